The summed E-state index contributed by atoms with van der Waals surface area (Å²) >= 11 is 1.41. The first kappa shape index (κ1) is 13.4. The molecule has 2 fully saturated rings. The number of carbonyl (C=O) groups excluding carboxylic acids is 1. The predicted octanol–water partition coefficient (Wildman–Crippen LogP) is 2.25. The van der Waals surface area contributed by atoms with Gasteiger partial charge in [-0.25, -0.2) is 0 Å². The van der Waals surface area contributed by atoms with Crippen LogP contribution < -0.4 is 4.90 Å². The number of thiophene rings is 1. The fraction of sp³-hybridized carbons (Fsp3) is 0.615. The molecule has 0 aliphatic carbocycles. The van der Waals surface area contributed by atoms with E-state index in [2.05, 4.69) is 4.90 Å². The van der Waals surface area contributed by atoms with Crippen LogP contribution in [0.25, 0.3) is 0 Å². The third kappa shape index (κ3) is 2.37. The first-order valence-corrected chi connectivity index (χ1v) is 7.81. The molecule has 2 aliphatic heterocycles. The van der Waals surface area contributed by atoms with Gasteiger partial charge in [-0.3, -0.25) is 14.9 Å². The molecule has 6 nitrogen and oxygen atoms in total. The SMILES string of the molecule is O=C1CCCN1[C@H]1CCCN(c2sccc2[N+](=O)[O-])C1. The number of rotatable bonds is 3. The smallest absolute Gasteiger partial charge is 0.303 e. The maximum Gasteiger partial charge on any atom is 0.303 e. The highest BCUT2D eigenvalue weighted by Gasteiger charge is 2.33. The van der Waals surface area contributed by atoms with Crippen molar-refractivity contribution in [3.63, 3.8) is 0 Å². The largest absolute Gasteiger partial charge is 0.356 e. The lowest BCUT2D eigenvalue weighted by Crippen LogP contribution is -2.48. The quantitative estimate of drug-likeness (QED) is 0.633. The third-order valence-corrected chi connectivity index (χ3v) is 5.02. The van der Waals surface area contributed by atoms with Gasteiger partial charge in [0.25, 0.3) is 0 Å². The lowest BCUT2D eigenvalue weighted by Gasteiger charge is -2.37. The van der Waals surface area contributed by atoms with Gasteiger partial charge in [-0.15, -0.1) is 11.3 Å². The molecule has 0 spiro atoms. The van der Waals surface area contributed by atoms with Crippen LogP contribution in [0.1, 0.15) is 25.7 Å². The Morgan fingerprint density at radius 2 is 2.20 bits per heavy atom. The van der Waals surface area contributed by atoms with Crippen molar-refractivity contribution in [1.82, 2.24) is 4.90 Å². The Hall–Kier alpha value is -1.63. The van der Waals surface area contributed by atoms with E-state index in [1.807, 2.05) is 4.90 Å². The van der Waals surface area contributed by atoms with Gasteiger partial charge in [0.1, 0.15) is 0 Å². The highest BCUT2D eigenvalue weighted by molar-refractivity contribution is 7.14. The van der Waals surface area contributed by atoms with E-state index in [1.54, 1.807) is 11.4 Å². The summed E-state index contributed by atoms with van der Waals surface area (Å²) in [5.74, 6) is 0.234. The van der Waals surface area contributed by atoms with Crippen molar-refractivity contribution in [2.75, 3.05) is 24.5 Å². The molecule has 1 amide bonds. The molecule has 108 valence electrons. The number of likely N-dealkylation sites (tertiary alicyclic amines) is 1. The highest BCUT2D eigenvalue weighted by Crippen LogP contribution is 2.36. The molecule has 2 aliphatic rings. The predicted molar refractivity (Wildman–Crippen MR) is 77.2 cm³/mol. The Bertz CT molecular complexity index is 531. The van der Waals surface area contributed by atoms with Gasteiger partial charge in [0.2, 0.25) is 5.91 Å². The zero-order valence-corrected chi connectivity index (χ0v) is 12.0. The van der Waals surface area contributed by atoms with Gasteiger partial charge < -0.3 is 9.80 Å². The second-order valence-electron chi connectivity index (χ2n) is 5.30. The van der Waals surface area contributed by atoms with E-state index >= 15 is 0 Å². The standard InChI is InChI=1S/C13H17N3O3S/c17-12-4-2-7-15(12)10-3-1-6-14(9-10)13-11(16(18)19)5-8-20-13/h5,8,10H,1-4,6-7,9H2/t10-/m0/s1. The molecule has 7 heteroatoms. The van der Waals surface area contributed by atoms with Crippen LogP contribution in [0.5, 0.6) is 0 Å². The molecular formula is C13H17N3O3S. The van der Waals surface area contributed by atoms with E-state index in [0.717, 1.165) is 37.4 Å². The normalized spacial score (nSPS) is 23.4. The number of hydrogen-bond donors (Lipinski definition) is 0. The molecule has 3 rings (SSSR count). The van der Waals surface area contributed by atoms with Gasteiger partial charge in [-0.05, 0) is 24.6 Å². The zero-order valence-electron chi connectivity index (χ0n) is 11.2. The minimum absolute atomic E-state index is 0.184. The Morgan fingerprint density at radius 3 is 2.90 bits per heavy atom. The number of nitrogens with zero attached hydrogens (tertiary/aromatic N) is 3. The summed E-state index contributed by atoms with van der Waals surface area (Å²) in [7, 11) is 0. The van der Waals surface area contributed by atoms with Crippen molar-refractivity contribution in [1.29, 1.82) is 0 Å². The van der Waals surface area contributed by atoms with Crippen LogP contribution in [0.4, 0.5) is 10.7 Å². The minimum atomic E-state index is -0.323. The highest BCUT2D eigenvalue weighted by atomic mass is 32.1. The van der Waals surface area contributed by atoms with E-state index in [9.17, 15) is 14.9 Å². The maximum atomic E-state index is 11.8. The summed E-state index contributed by atoms with van der Waals surface area (Å²) in [6.07, 6.45) is 3.56. The number of amides is 1. The third-order valence-electron chi connectivity index (χ3n) is 4.06. The van der Waals surface area contributed by atoms with Crippen LogP contribution in [0.3, 0.4) is 0 Å². The summed E-state index contributed by atoms with van der Waals surface area (Å²) in [6, 6.07) is 1.77. The Balaban J connectivity index is 1.76. The van der Waals surface area contributed by atoms with E-state index in [0.29, 0.717) is 13.0 Å². The summed E-state index contributed by atoms with van der Waals surface area (Å²) in [5.41, 5.74) is 0.184. The van der Waals surface area contributed by atoms with Crippen LogP contribution >= 0.6 is 11.3 Å². The second kappa shape index (κ2) is 5.40. The summed E-state index contributed by atoms with van der Waals surface area (Å²) in [4.78, 5) is 26.6. The molecule has 0 unspecified atom stereocenters. The lowest BCUT2D eigenvalue weighted by molar-refractivity contribution is -0.383. The van der Waals surface area contributed by atoms with E-state index in [-0.39, 0.29) is 22.6 Å². The van der Waals surface area contributed by atoms with Gasteiger partial charge in [-0.1, -0.05) is 0 Å². The van der Waals surface area contributed by atoms with Crippen LogP contribution in [-0.2, 0) is 4.79 Å². The Labute approximate surface area is 121 Å². The number of hydrogen-bond acceptors (Lipinski definition) is 5. The monoisotopic (exact) mass is 295 g/mol. The van der Waals surface area contributed by atoms with Crippen molar-refractivity contribution in [2.24, 2.45) is 0 Å². The van der Waals surface area contributed by atoms with Gasteiger partial charge in [-0.2, -0.15) is 0 Å². The molecule has 1 atom stereocenters. The van der Waals surface area contributed by atoms with Gasteiger partial charge in [0, 0.05) is 38.2 Å². The first-order valence-electron chi connectivity index (χ1n) is 6.93. The summed E-state index contributed by atoms with van der Waals surface area (Å²) < 4.78 is 0. The van der Waals surface area contributed by atoms with Gasteiger partial charge in [0.15, 0.2) is 5.00 Å². The fourth-order valence-electron chi connectivity index (χ4n) is 3.12. The maximum absolute atomic E-state index is 11.8. The van der Waals surface area contributed by atoms with E-state index in [4.69, 9.17) is 0 Å². The molecule has 0 saturated carbocycles. The van der Waals surface area contributed by atoms with Crippen molar-refractivity contribution < 1.29 is 9.72 Å². The fourth-order valence-corrected chi connectivity index (χ4v) is 4.02. The van der Waals surface area contributed by atoms with Gasteiger partial charge >= 0.3 is 5.69 Å². The van der Waals surface area contributed by atoms with Crippen molar-refractivity contribution >= 4 is 27.9 Å². The van der Waals surface area contributed by atoms with E-state index in [1.165, 1.54) is 11.3 Å². The molecule has 20 heavy (non-hydrogen) atoms. The molecular weight excluding hydrogens is 278 g/mol. The summed E-state index contributed by atoms with van der Waals surface area (Å²) in [5, 5.41) is 13.5. The van der Waals surface area contributed by atoms with Crippen LogP contribution in [-0.4, -0.2) is 41.4 Å². The van der Waals surface area contributed by atoms with Gasteiger partial charge in [0.05, 0.1) is 4.92 Å². The average Bonchev–Trinajstić information content (AvgIpc) is 3.07. The molecule has 0 N–H and O–H groups in total. The Morgan fingerprint density at radius 1 is 1.35 bits per heavy atom. The number of nitro groups is 1. The topological polar surface area (TPSA) is 66.7 Å². The molecule has 1 aromatic rings. The number of anilines is 1. The molecule has 1 aromatic heterocycles. The number of piperidine rings is 1. The minimum Gasteiger partial charge on any atom is -0.356 e. The molecule has 0 bridgehead atoms. The Kier molecular flexibility index (Phi) is 3.60. The molecule has 3 heterocycles. The average molecular weight is 295 g/mol. The van der Waals surface area contributed by atoms with Crippen molar-refractivity contribution in [2.45, 2.75) is 31.7 Å². The van der Waals surface area contributed by atoms with Crippen LogP contribution in [0, 0.1) is 10.1 Å². The lowest BCUT2D eigenvalue weighted by atomic mass is 10.0. The number of carbonyl (C=O) groups is 1. The molecule has 0 radical (unpaired) electrons. The molecule has 2 saturated heterocycles. The first-order chi connectivity index (χ1) is 9.66. The molecule has 0 aromatic carbocycles. The van der Waals surface area contributed by atoms with E-state index < -0.39 is 0 Å². The van der Waals surface area contributed by atoms with Crippen LogP contribution in [0.2, 0.25) is 0 Å². The van der Waals surface area contributed by atoms with Crippen molar-refractivity contribution in [3.05, 3.63) is 21.6 Å². The summed E-state index contributed by atoms with van der Waals surface area (Å²) in [6.45, 7) is 2.39. The second-order valence-corrected chi connectivity index (χ2v) is 6.20. The van der Waals surface area contributed by atoms with Crippen LogP contribution in [0.15, 0.2) is 11.4 Å². The van der Waals surface area contributed by atoms with Crippen molar-refractivity contribution in [3.8, 4) is 0 Å². The zero-order chi connectivity index (χ0) is 14.1.